The molecule has 6 heteroatoms. The first-order chi connectivity index (χ1) is 16.8. The van der Waals surface area contributed by atoms with Crippen molar-refractivity contribution in [1.82, 2.24) is 0 Å². The highest BCUT2D eigenvalue weighted by molar-refractivity contribution is 7.51. The molecule has 1 atom stereocenters. The number of hydrogen-bond acceptors (Lipinski definition) is 3. The van der Waals surface area contributed by atoms with Crippen LogP contribution in [0.1, 0.15) is 27.0 Å². The van der Waals surface area contributed by atoms with Crippen molar-refractivity contribution in [2.75, 3.05) is 13.3 Å². The SMILES string of the molecule is COC(C(=O)c1ccccc1)(c1ccccc1)C(CP(=O)(O)O)(c1ccccc1)c1ccccc1. The first-order valence-corrected chi connectivity index (χ1v) is 13.0. The summed E-state index contributed by atoms with van der Waals surface area (Å²) in [5, 5.41) is 0. The van der Waals surface area contributed by atoms with E-state index in [-0.39, 0.29) is 0 Å². The predicted octanol–water partition coefficient (Wildman–Crippen LogP) is 5.58. The van der Waals surface area contributed by atoms with Crippen molar-refractivity contribution in [2.45, 2.75) is 11.0 Å². The highest BCUT2D eigenvalue weighted by atomic mass is 31.2. The van der Waals surface area contributed by atoms with Crippen LogP contribution >= 0.6 is 7.60 Å². The van der Waals surface area contributed by atoms with Crippen molar-refractivity contribution >= 4 is 13.4 Å². The zero-order chi connectivity index (χ0) is 24.9. The molecule has 0 radical (unpaired) electrons. The van der Waals surface area contributed by atoms with E-state index in [4.69, 9.17) is 4.74 Å². The molecule has 0 aliphatic rings. The molecule has 0 saturated heterocycles. The van der Waals surface area contributed by atoms with Crippen molar-refractivity contribution in [1.29, 1.82) is 0 Å². The van der Waals surface area contributed by atoms with Gasteiger partial charge in [-0.3, -0.25) is 9.36 Å². The van der Waals surface area contributed by atoms with Crippen molar-refractivity contribution < 1.29 is 23.9 Å². The Labute approximate surface area is 205 Å². The van der Waals surface area contributed by atoms with Gasteiger partial charge in [-0.15, -0.1) is 0 Å². The van der Waals surface area contributed by atoms with Gasteiger partial charge in [-0.2, -0.15) is 0 Å². The van der Waals surface area contributed by atoms with Gasteiger partial charge in [0.2, 0.25) is 0 Å². The summed E-state index contributed by atoms with van der Waals surface area (Å²) >= 11 is 0. The second-order valence-electron chi connectivity index (χ2n) is 8.41. The van der Waals surface area contributed by atoms with Gasteiger partial charge in [0, 0.05) is 12.7 Å². The van der Waals surface area contributed by atoms with Crippen LogP contribution in [0.2, 0.25) is 0 Å². The summed E-state index contributed by atoms with van der Waals surface area (Å²) in [6.45, 7) is 0. The van der Waals surface area contributed by atoms with Gasteiger partial charge in [0.15, 0.2) is 11.4 Å². The van der Waals surface area contributed by atoms with Crippen LogP contribution in [-0.2, 0) is 20.3 Å². The van der Waals surface area contributed by atoms with Crippen LogP contribution in [0.25, 0.3) is 0 Å². The highest BCUT2D eigenvalue weighted by Gasteiger charge is 2.62. The molecule has 35 heavy (non-hydrogen) atoms. The number of hydrogen-bond donors (Lipinski definition) is 2. The van der Waals surface area contributed by atoms with Crippen molar-refractivity contribution in [2.24, 2.45) is 0 Å². The molecule has 1 unspecified atom stereocenters. The van der Waals surface area contributed by atoms with Gasteiger partial charge < -0.3 is 14.5 Å². The van der Waals surface area contributed by atoms with Crippen molar-refractivity contribution in [3.05, 3.63) is 144 Å². The lowest BCUT2D eigenvalue weighted by Gasteiger charge is -2.50. The van der Waals surface area contributed by atoms with Crippen LogP contribution in [0.3, 0.4) is 0 Å². The Kier molecular flexibility index (Phi) is 7.15. The second kappa shape index (κ2) is 10.1. The van der Waals surface area contributed by atoms with E-state index in [1.165, 1.54) is 7.11 Å². The Morgan fingerprint density at radius 2 is 1.06 bits per heavy atom. The molecule has 0 saturated carbocycles. The maximum atomic E-state index is 14.6. The topological polar surface area (TPSA) is 83.8 Å². The molecule has 5 nitrogen and oxygen atoms in total. The summed E-state index contributed by atoms with van der Waals surface area (Å²) < 4.78 is 19.1. The van der Waals surface area contributed by atoms with Gasteiger partial charge in [-0.05, 0) is 16.7 Å². The molecule has 0 aliphatic carbocycles. The average molecular weight is 487 g/mol. The van der Waals surface area contributed by atoms with E-state index in [1.807, 2.05) is 24.3 Å². The Morgan fingerprint density at radius 1 is 0.686 bits per heavy atom. The Balaban J connectivity index is 2.22. The fourth-order valence-electron chi connectivity index (χ4n) is 5.04. The molecule has 2 N–H and O–H groups in total. The minimum absolute atomic E-state index is 0.375. The lowest BCUT2D eigenvalue weighted by molar-refractivity contribution is -0.0380. The smallest absolute Gasteiger partial charge is 0.326 e. The zero-order valence-corrected chi connectivity index (χ0v) is 20.2. The Morgan fingerprint density at radius 3 is 1.43 bits per heavy atom. The van der Waals surface area contributed by atoms with Gasteiger partial charge in [-0.1, -0.05) is 121 Å². The van der Waals surface area contributed by atoms with Crippen LogP contribution in [0.4, 0.5) is 0 Å². The molecule has 0 aromatic heterocycles. The fourth-order valence-corrected chi connectivity index (χ4v) is 6.25. The molecule has 0 bridgehead atoms. The summed E-state index contributed by atoms with van der Waals surface area (Å²) in [5.41, 5.74) is -1.39. The molecular formula is C29H27O5P. The minimum atomic E-state index is -4.71. The van der Waals surface area contributed by atoms with E-state index >= 15 is 0 Å². The third-order valence-corrected chi connectivity index (χ3v) is 7.31. The first kappa shape index (κ1) is 24.8. The van der Waals surface area contributed by atoms with Crippen molar-refractivity contribution in [3.63, 3.8) is 0 Å². The second-order valence-corrected chi connectivity index (χ2v) is 10.1. The monoisotopic (exact) mass is 486 g/mol. The third kappa shape index (κ3) is 4.52. The number of carbonyl (C=O) groups is 1. The maximum Gasteiger partial charge on any atom is 0.326 e. The van der Waals surface area contributed by atoms with Crippen LogP contribution in [0, 0.1) is 0 Å². The largest absolute Gasteiger partial charge is 0.364 e. The Bertz CT molecular complexity index is 1270. The molecule has 4 aromatic rings. The van der Waals surface area contributed by atoms with Gasteiger partial charge >= 0.3 is 7.60 Å². The number of benzene rings is 4. The van der Waals surface area contributed by atoms with E-state index in [9.17, 15) is 19.1 Å². The van der Waals surface area contributed by atoms with Crippen LogP contribution in [0.5, 0.6) is 0 Å². The first-order valence-electron chi connectivity index (χ1n) is 11.2. The lowest BCUT2D eigenvalue weighted by Crippen LogP contribution is -2.58. The highest BCUT2D eigenvalue weighted by Crippen LogP contribution is 2.57. The maximum absolute atomic E-state index is 14.6. The zero-order valence-electron chi connectivity index (χ0n) is 19.3. The molecule has 0 fully saturated rings. The molecular weight excluding hydrogens is 459 g/mol. The quantitative estimate of drug-likeness (QED) is 0.239. The number of ether oxygens (including phenoxy) is 1. The summed E-state index contributed by atoms with van der Waals surface area (Å²) in [4.78, 5) is 35.6. The van der Waals surface area contributed by atoms with E-state index in [2.05, 4.69) is 0 Å². The minimum Gasteiger partial charge on any atom is -0.364 e. The molecule has 0 amide bonds. The van der Waals surface area contributed by atoms with Crippen LogP contribution < -0.4 is 0 Å². The molecule has 4 rings (SSSR count). The normalized spacial score (nSPS) is 13.7. The standard InChI is InChI=1S/C29H27O5P/c1-34-29(26-20-12-5-13-21-26,27(30)23-14-6-2-7-15-23)28(22-35(31,32)33,24-16-8-3-9-17-24)25-18-10-4-11-19-25/h2-21H,22H2,1H3,(H2,31,32,33). The molecule has 4 aromatic carbocycles. The van der Waals surface area contributed by atoms with Gasteiger partial charge in [0.05, 0.1) is 11.6 Å². The number of carbonyl (C=O) groups excluding carboxylic acids is 1. The molecule has 178 valence electrons. The van der Waals surface area contributed by atoms with E-state index in [0.717, 1.165) is 0 Å². The summed E-state index contributed by atoms with van der Waals surface area (Å²) in [5.74, 6) is -0.395. The summed E-state index contributed by atoms with van der Waals surface area (Å²) in [6.07, 6.45) is -0.644. The summed E-state index contributed by atoms with van der Waals surface area (Å²) in [6, 6.07) is 35.7. The fraction of sp³-hybridized carbons (Fsp3) is 0.138. The number of ketones is 1. The number of rotatable bonds is 9. The summed E-state index contributed by atoms with van der Waals surface area (Å²) in [7, 11) is -3.29. The number of Topliss-reactive ketones (excluding diaryl/α,β-unsaturated/α-hetero) is 1. The average Bonchev–Trinajstić information content (AvgIpc) is 2.90. The molecule has 0 heterocycles. The van der Waals surface area contributed by atoms with E-state index < -0.39 is 30.6 Å². The van der Waals surface area contributed by atoms with Crippen LogP contribution in [0.15, 0.2) is 121 Å². The van der Waals surface area contributed by atoms with Gasteiger partial charge in [0.25, 0.3) is 0 Å². The third-order valence-electron chi connectivity index (χ3n) is 6.42. The molecule has 0 spiro atoms. The lowest BCUT2D eigenvalue weighted by atomic mass is 9.59. The predicted molar refractivity (Wildman–Crippen MR) is 136 cm³/mol. The van der Waals surface area contributed by atoms with E-state index in [0.29, 0.717) is 22.3 Å². The van der Waals surface area contributed by atoms with Gasteiger partial charge in [0.1, 0.15) is 0 Å². The number of methoxy groups -OCH3 is 1. The Hall–Kier alpha value is -3.34. The van der Waals surface area contributed by atoms with E-state index in [1.54, 1.807) is 97.1 Å². The van der Waals surface area contributed by atoms with Crippen molar-refractivity contribution in [3.8, 4) is 0 Å². The van der Waals surface area contributed by atoms with Gasteiger partial charge in [-0.25, -0.2) is 0 Å². The molecule has 0 aliphatic heterocycles. The van der Waals surface area contributed by atoms with Crippen LogP contribution in [-0.4, -0.2) is 28.8 Å².